The Kier molecular flexibility index (Phi) is 4.96. The fraction of sp³-hybridized carbons (Fsp3) is 0.474. The molecule has 0 saturated carbocycles. The van der Waals surface area contributed by atoms with E-state index >= 15 is 0 Å². The first kappa shape index (κ1) is 18.7. The SMILES string of the molecule is N[C@@H]1COC[C@@H]1CNCc1cccc2c1C(=O)N(C1CCC(=O)NC1=O)C2=O. The Morgan fingerprint density at radius 2 is 2.00 bits per heavy atom. The lowest BCUT2D eigenvalue weighted by Crippen LogP contribution is -2.54. The largest absolute Gasteiger partial charge is 0.379 e. The van der Waals surface area contributed by atoms with Gasteiger partial charge < -0.3 is 15.8 Å². The molecule has 0 radical (unpaired) electrons. The van der Waals surface area contributed by atoms with Crippen LogP contribution in [0, 0.1) is 5.92 Å². The average Bonchev–Trinajstić information content (AvgIpc) is 3.18. The summed E-state index contributed by atoms with van der Waals surface area (Å²) in [5.74, 6) is -1.79. The van der Waals surface area contributed by atoms with Crippen molar-refractivity contribution < 1.29 is 23.9 Å². The van der Waals surface area contributed by atoms with Gasteiger partial charge in [0.1, 0.15) is 6.04 Å². The molecule has 1 unspecified atom stereocenters. The van der Waals surface area contributed by atoms with Crippen LogP contribution in [0.2, 0.25) is 0 Å². The number of carbonyl (C=O) groups excluding carboxylic acids is 4. The van der Waals surface area contributed by atoms with Gasteiger partial charge in [0.25, 0.3) is 11.8 Å². The van der Waals surface area contributed by atoms with Crippen molar-refractivity contribution in [2.75, 3.05) is 19.8 Å². The maximum absolute atomic E-state index is 13.0. The highest BCUT2D eigenvalue weighted by Gasteiger charge is 2.45. The van der Waals surface area contributed by atoms with Gasteiger partial charge in [-0.15, -0.1) is 0 Å². The minimum Gasteiger partial charge on any atom is -0.379 e. The van der Waals surface area contributed by atoms with Crippen molar-refractivity contribution in [3.8, 4) is 0 Å². The molecule has 2 saturated heterocycles. The minimum absolute atomic E-state index is 0.0137. The third kappa shape index (κ3) is 3.21. The first-order valence-electron chi connectivity index (χ1n) is 9.35. The summed E-state index contributed by atoms with van der Waals surface area (Å²) < 4.78 is 5.34. The summed E-state index contributed by atoms with van der Waals surface area (Å²) >= 11 is 0. The van der Waals surface area contributed by atoms with Crippen LogP contribution >= 0.6 is 0 Å². The third-order valence-electron chi connectivity index (χ3n) is 5.52. The van der Waals surface area contributed by atoms with E-state index in [1.807, 2.05) is 0 Å². The summed E-state index contributed by atoms with van der Waals surface area (Å²) in [7, 11) is 0. The predicted octanol–water partition coefficient (Wildman–Crippen LogP) is -0.849. The Morgan fingerprint density at radius 3 is 2.71 bits per heavy atom. The molecule has 3 heterocycles. The number of nitrogens with one attached hydrogen (secondary N) is 2. The van der Waals surface area contributed by atoms with E-state index in [1.54, 1.807) is 18.2 Å². The van der Waals surface area contributed by atoms with Crippen LogP contribution in [0.3, 0.4) is 0 Å². The number of nitrogens with two attached hydrogens (primary N) is 1. The molecule has 1 aromatic carbocycles. The number of nitrogens with zero attached hydrogens (tertiary/aromatic N) is 1. The van der Waals surface area contributed by atoms with Crippen molar-refractivity contribution in [1.29, 1.82) is 0 Å². The average molecular weight is 386 g/mol. The van der Waals surface area contributed by atoms with Crippen molar-refractivity contribution >= 4 is 23.6 Å². The van der Waals surface area contributed by atoms with Gasteiger partial charge in [-0.05, 0) is 18.1 Å². The molecule has 0 aliphatic carbocycles. The number of benzene rings is 1. The van der Waals surface area contributed by atoms with E-state index in [0.717, 1.165) is 4.90 Å². The lowest BCUT2D eigenvalue weighted by atomic mass is 10.0. The van der Waals surface area contributed by atoms with Crippen LogP contribution in [0.15, 0.2) is 18.2 Å². The highest BCUT2D eigenvalue weighted by atomic mass is 16.5. The van der Waals surface area contributed by atoms with Gasteiger partial charge >= 0.3 is 0 Å². The predicted molar refractivity (Wildman–Crippen MR) is 97.1 cm³/mol. The van der Waals surface area contributed by atoms with Gasteiger partial charge in [0.2, 0.25) is 11.8 Å². The van der Waals surface area contributed by atoms with Crippen LogP contribution in [-0.4, -0.2) is 60.4 Å². The van der Waals surface area contributed by atoms with Crippen LogP contribution in [0.25, 0.3) is 0 Å². The highest BCUT2D eigenvalue weighted by Crippen LogP contribution is 2.30. The molecule has 4 N–H and O–H groups in total. The molecule has 1 aromatic rings. The normalized spacial score (nSPS) is 27.3. The first-order valence-corrected chi connectivity index (χ1v) is 9.35. The molecule has 3 aliphatic rings. The number of carbonyl (C=O) groups is 4. The van der Waals surface area contributed by atoms with Gasteiger partial charge in [-0.25, -0.2) is 0 Å². The van der Waals surface area contributed by atoms with Gasteiger partial charge in [0, 0.05) is 31.5 Å². The standard InChI is InChI=1S/C19H22N4O5/c20-13-9-28-8-11(13)7-21-6-10-2-1-3-12-16(10)19(27)23(18(12)26)14-4-5-15(24)22-17(14)25/h1-3,11,13-14,21H,4-9,20H2,(H,22,24,25)/t11-,13+,14?/m0/s1. The van der Waals surface area contributed by atoms with E-state index in [2.05, 4.69) is 10.6 Å². The zero-order valence-corrected chi connectivity index (χ0v) is 15.3. The number of ether oxygens (including phenoxy) is 1. The fourth-order valence-corrected chi connectivity index (χ4v) is 3.95. The van der Waals surface area contributed by atoms with Crippen molar-refractivity contribution in [3.63, 3.8) is 0 Å². The van der Waals surface area contributed by atoms with Gasteiger partial charge in [0.05, 0.1) is 24.3 Å². The Balaban J connectivity index is 1.51. The van der Waals surface area contributed by atoms with Crippen molar-refractivity contribution in [1.82, 2.24) is 15.5 Å². The highest BCUT2D eigenvalue weighted by molar-refractivity contribution is 6.24. The zero-order valence-electron chi connectivity index (χ0n) is 15.3. The van der Waals surface area contributed by atoms with Crippen molar-refractivity contribution in [2.45, 2.75) is 31.5 Å². The van der Waals surface area contributed by atoms with E-state index < -0.39 is 29.7 Å². The molecular weight excluding hydrogens is 364 g/mol. The minimum atomic E-state index is -0.959. The molecule has 28 heavy (non-hydrogen) atoms. The van der Waals surface area contributed by atoms with E-state index in [4.69, 9.17) is 10.5 Å². The lowest BCUT2D eigenvalue weighted by molar-refractivity contribution is -0.136. The summed E-state index contributed by atoms with van der Waals surface area (Å²) in [6, 6.07) is 4.13. The summed E-state index contributed by atoms with van der Waals surface area (Å²) in [4.78, 5) is 50.3. The topological polar surface area (TPSA) is 131 Å². The molecule has 4 rings (SSSR count). The summed E-state index contributed by atoms with van der Waals surface area (Å²) in [6.07, 6.45) is 0.241. The molecule has 148 valence electrons. The van der Waals surface area contributed by atoms with Crippen LogP contribution < -0.4 is 16.4 Å². The maximum Gasteiger partial charge on any atom is 0.262 e. The lowest BCUT2D eigenvalue weighted by Gasteiger charge is -2.27. The van der Waals surface area contributed by atoms with Gasteiger partial charge in [-0.3, -0.25) is 29.4 Å². The number of piperidine rings is 1. The third-order valence-corrected chi connectivity index (χ3v) is 5.52. The van der Waals surface area contributed by atoms with Crippen LogP contribution in [0.1, 0.15) is 39.1 Å². The summed E-state index contributed by atoms with van der Waals surface area (Å²) in [5, 5.41) is 5.48. The van der Waals surface area contributed by atoms with E-state index in [-0.39, 0.29) is 30.4 Å². The number of amides is 4. The van der Waals surface area contributed by atoms with Crippen molar-refractivity contribution in [3.05, 3.63) is 34.9 Å². The van der Waals surface area contributed by atoms with E-state index in [0.29, 0.717) is 37.4 Å². The van der Waals surface area contributed by atoms with Crippen molar-refractivity contribution in [2.24, 2.45) is 11.7 Å². The Bertz CT molecular complexity index is 855. The maximum atomic E-state index is 13.0. The molecule has 9 nitrogen and oxygen atoms in total. The molecule has 0 spiro atoms. The van der Waals surface area contributed by atoms with Crippen LogP contribution in [0.5, 0.6) is 0 Å². The molecular formula is C19H22N4O5. The zero-order chi connectivity index (χ0) is 19.8. The fourth-order valence-electron chi connectivity index (χ4n) is 3.95. The monoisotopic (exact) mass is 386 g/mol. The molecule has 0 aromatic heterocycles. The Morgan fingerprint density at radius 1 is 1.18 bits per heavy atom. The molecule has 9 heteroatoms. The molecule has 3 aliphatic heterocycles. The molecule has 0 bridgehead atoms. The number of imide groups is 2. The Labute approximate surface area is 161 Å². The summed E-state index contributed by atoms with van der Waals surface area (Å²) in [6.45, 7) is 2.18. The smallest absolute Gasteiger partial charge is 0.262 e. The molecule has 4 amide bonds. The summed E-state index contributed by atoms with van der Waals surface area (Å²) in [5.41, 5.74) is 7.28. The first-order chi connectivity index (χ1) is 13.5. The second-order valence-corrected chi connectivity index (χ2v) is 7.38. The van der Waals surface area contributed by atoms with Crippen LogP contribution in [-0.2, 0) is 20.9 Å². The number of rotatable bonds is 5. The number of fused-ring (bicyclic) bond motifs is 1. The van der Waals surface area contributed by atoms with E-state index in [9.17, 15) is 19.2 Å². The second-order valence-electron chi connectivity index (χ2n) is 7.38. The second kappa shape index (κ2) is 7.42. The molecule has 3 atom stereocenters. The van der Waals surface area contributed by atoms with Gasteiger partial charge in [0.15, 0.2) is 0 Å². The molecule has 2 fully saturated rings. The van der Waals surface area contributed by atoms with Gasteiger partial charge in [-0.2, -0.15) is 0 Å². The van der Waals surface area contributed by atoms with Crippen LogP contribution in [0.4, 0.5) is 0 Å². The number of hydrogen-bond donors (Lipinski definition) is 3. The van der Waals surface area contributed by atoms with Gasteiger partial charge in [-0.1, -0.05) is 12.1 Å². The quantitative estimate of drug-likeness (QED) is 0.562. The van der Waals surface area contributed by atoms with E-state index in [1.165, 1.54) is 0 Å². The number of hydrogen-bond acceptors (Lipinski definition) is 7. The Hall–Kier alpha value is -2.62.